The lowest BCUT2D eigenvalue weighted by atomic mass is 9.68. The first-order valence-corrected chi connectivity index (χ1v) is 10.3. The first kappa shape index (κ1) is 20.2. The molecule has 1 spiro atoms. The second-order valence-electron chi connectivity index (χ2n) is 9.29. The van der Waals surface area contributed by atoms with Crippen molar-refractivity contribution in [3.63, 3.8) is 0 Å². The molecule has 2 rings (SSSR count). The molecule has 0 N–H and O–H groups in total. The predicted octanol–water partition coefficient (Wildman–Crippen LogP) is 5.23. The maximum atomic E-state index is 6.45. The summed E-state index contributed by atoms with van der Waals surface area (Å²) >= 11 is 0. The Morgan fingerprint density at radius 1 is 1.08 bits per heavy atom. The molecule has 2 fully saturated rings. The molecule has 3 heteroatoms. The highest BCUT2D eigenvalue weighted by Crippen LogP contribution is 2.47. The van der Waals surface area contributed by atoms with Gasteiger partial charge in [-0.2, -0.15) is 0 Å². The second-order valence-corrected chi connectivity index (χ2v) is 9.29. The lowest BCUT2D eigenvalue weighted by Gasteiger charge is -2.42. The van der Waals surface area contributed by atoms with Gasteiger partial charge in [0.05, 0.1) is 12.7 Å². The number of hydrogen-bond acceptors (Lipinski definition) is 3. The van der Waals surface area contributed by atoms with Gasteiger partial charge >= 0.3 is 0 Å². The number of nitrogens with zero attached hydrogens (tertiary/aromatic N) is 1. The van der Waals surface area contributed by atoms with Crippen molar-refractivity contribution in [1.29, 1.82) is 0 Å². The van der Waals surface area contributed by atoms with Crippen molar-refractivity contribution in [2.24, 2.45) is 11.3 Å². The Morgan fingerprint density at radius 3 is 2.17 bits per heavy atom. The van der Waals surface area contributed by atoms with Gasteiger partial charge in [-0.25, -0.2) is 0 Å². The van der Waals surface area contributed by atoms with E-state index < -0.39 is 0 Å². The van der Waals surface area contributed by atoms with Crippen molar-refractivity contribution >= 4 is 0 Å². The zero-order valence-corrected chi connectivity index (χ0v) is 17.2. The summed E-state index contributed by atoms with van der Waals surface area (Å²) in [5.74, 6) is 0.558. The van der Waals surface area contributed by atoms with Gasteiger partial charge in [0, 0.05) is 31.5 Å². The van der Waals surface area contributed by atoms with Crippen LogP contribution in [0.25, 0.3) is 0 Å². The number of hydrogen-bond donors (Lipinski definition) is 0. The van der Waals surface area contributed by atoms with Crippen LogP contribution in [0.4, 0.5) is 0 Å². The maximum absolute atomic E-state index is 6.45. The van der Waals surface area contributed by atoms with Gasteiger partial charge in [0.25, 0.3) is 0 Å². The summed E-state index contributed by atoms with van der Waals surface area (Å²) in [5, 5.41) is 0. The molecular weight excluding hydrogens is 298 g/mol. The van der Waals surface area contributed by atoms with E-state index in [1.165, 1.54) is 19.3 Å². The fraction of sp³-hybridized carbons (Fsp3) is 1.00. The predicted molar refractivity (Wildman–Crippen MR) is 101 cm³/mol. The summed E-state index contributed by atoms with van der Waals surface area (Å²) in [5.41, 5.74) is 0.453. The van der Waals surface area contributed by atoms with Crippen LogP contribution in [0, 0.1) is 11.3 Å². The van der Waals surface area contributed by atoms with E-state index in [1.807, 2.05) is 0 Å². The topological polar surface area (TPSA) is 21.7 Å². The van der Waals surface area contributed by atoms with Crippen molar-refractivity contribution in [3.05, 3.63) is 0 Å². The van der Waals surface area contributed by atoms with Crippen molar-refractivity contribution in [1.82, 2.24) is 4.90 Å². The molecule has 2 aliphatic rings. The average molecular weight is 340 g/mol. The Labute approximate surface area is 150 Å². The van der Waals surface area contributed by atoms with Crippen LogP contribution in [0.1, 0.15) is 87.0 Å². The average Bonchev–Trinajstić information content (AvgIpc) is 2.90. The van der Waals surface area contributed by atoms with E-state index in [0.717, 1.165) is 38.3 Å². The van der Waals surface area contributed by atoms with Crippen molar-refractivity contribution in [2.45, 2.75) is 111 Å². The van der Waals surface area contributed by atoms with Crippen LogP contribution >= 0.6 is 0 Å². The summed E-state index contributed by atoms with van der Waals surface area (Å²) in [6, 6.07) is 1.18. The summed E-state index contributed by atoms with van der Waals surface area (Å²) in [6.45, 7) is 18.2. The highest BCUT2D eigenvalue weighted by Gasteiger charge is 2.46. The van der Waals surface area contributed by atoms with Crippen molar-refractivity contribution < 1.29 is 9.47 Å². The Kier molecular flexibility index (Phi) is 6.78. The zero-order valence-electron chi connectivity index (χ0n) is 17.2. The summed E-state index contributed by atoms with van der Waals surface area (Å²) in [7, 11) is 0. The monoisotopic (exact) mass is 339 g/mol. The third-order valence-corrected chi connectivity index (χ3v) is 6.71. The third kappa shape index (κ3) is 4.74. The fourth-order valence-corrected chi connectivity index (χ4v) is 4.55. The summed E-state index contributed by atoms with van der Waals surface area (Å²) < 4.78 is 12.6. The first-order chi connectivity index (χ1) is 11.2. The van der Waals surface area contributed by atoms with Crippen LogP contribution in [0.5, 0.6) is 0 Å². The Morgan fingerprint density at radius 2 is 1.67 bits per heavy atom. The molecule has 1 aliphatic carbocycles. The molecule has 0 bridgehead atoms. The summed E-state index contributed by atoms with van der Waals surface area (Å²) in [6.07, 6.45) is 7.28. The van der Waals surface area contributed by atoms with E-state index in [0.29, 0.717) is 17.5 Å². The first-order valence-electron chi connectivity index (χ1n) is 10.3. The molecule has 0 aromatic heterocycles. The molecule has 142 valence electrons. The molecule has 0 aromatic rings. The van der Waals surface area contributed by atoms with Crippen LogP contribution < -0.4 is 0 Å². The largest absolute Gasteiger partial charge is 0.347 e. The normalized spacial score (nSPS) is 31.8. The molecule has 1 saturated heterocycles. The molecule has 1 atom stereocenters. The van der Waals surface area contributed by atoms with E-state index in [9.17, 15) is 0 Å². The lowest BCUT2D eigenvalue weighted by Crippen LogP contribution is -2.40. The minimum absolute atomic E-state index is 0.258. The molecule has 24 heavy (non-hydrogen) atoms. The summed E-state index contributed by atoms with van der Waals surface area (Å²) in [4.78, 5) is 2.55. The van der Waals surface area contributed by atoms with E-state index >= 15 is 0 Å². The van der Waals surface area contributed by atoms with Crippen LogP contribution in [-0.4, -0.2) is 42.0 Å². The highest BCUT2D eigenvalue weighted by atomic mass is 16.7. The zero-order chi connectivity index (χ0) is 18.0. The minimum atomic E-state index is -0.258. The minimum Gasteiger partial charge on any atom is -0.347 e. The molecule has 1 aliphatic heterocycles. The lowest BCUT2D eigenvalue weighted by molar-refractivity contribution is -0.197. The van der Waals surface area contributed by atoms with Gasteiger partial charge in [-0.05, 0) is 58.3 Å². The molecular formula is C21H41NO2. The fourth-order valence-electron chi connectivity index (χ4n) is 4.55. The van der Waals surface area contributed by atoms with Gasteiger partial charge in [0.2, 0.25) is 0 Å². The van der Waals surface area contributed by atoms with E-state index in [2.05, 4.69) is 53.4 Å². The van der Waals surface area contributed by atoms with Crippen LogP contribution in [0.3, 0.4) is 0 Å². The number of ether oxygens (including phenoxy) is 2. The van der Waals surface area contributed by atoms with E-state index in [1.54, 1.807) is 0 Å². The van der Waals surface area contributed by atoms with Crippen LogP contribution in [0.2, 0.25) is 0 Å². The number of rotatable bonds is 7. The molecule has 3 nitrogen and oxygen atoms in total. The molecule has 1 saturated carbocycles. The molecule has 0 amide bonds. The van der Waals surface area contributed by atoms with Gasteiger partial charge in [-0.15, -0.1) is 0 Å². The quantitative estimate of drug-likeness (QED) is 0.633. The Bertz CT molecular complexity index is 375. The Hall–Kier alpha value is -0.120. The molecule has 1 heterocycles. The maximum Gasteiger partial charge on any atom is 0.168 e. The van der Waals surface area contributed by atoms with Crippen molar-refractivity contribution in [2.75, 3.05) is 13.2 Å². The smallest absolute Gasteiger partial charge is 0.168 e. The van der Waals surface area contributed by atoms with Gasteiger partial charge in [-0.3, -0.25) is 4.90 Å². The molecule has 1 unspecified atom stereocenters. The van der Waals surface area contributed by atoms with Crippen molar-refractivity contribution in [3.8, 4) is 0 Å². The van der Waals surface area contributed by atoms with Gasteiger partial charge in [-0.1, -0.05) is 27.2 Å². The highest BCUT2D eigenvalue weighted by molar-refractivity contribution is 4.90. The standard InChI is InChI=1S/C21H41NO2/c1-8-20(6,7)18-9-12-21(13-10-18)23-15-19(24-21)11-14-22(16(2)3)17(4)5/h16-19H,8-15H2,1-7H3. The van der Waals surface area contributed by atoms with E-state index in [4.69, 9.17) is 9.47 Å². The third-order valence-electron chi connectivity index (χ3n) is 6.71. The van der Waals surface area contributed by atoms with Gasteiger partial charge in [0.15, 0.2) is 5.79 Å². The molecule has 0 radical (unpaired) electrons. The van der Waals surface area contributed by atoms with Gasteiger partial charge < -0.3 is 9.47 Å². The Balaban J connectivity index is 1.81. The van der Waals surface area contributed by atoms with Gasteiger partial charge in [0.1, 0.15) is 0 Å². The SMILES string of the molecule is CCC(C)(C)C1CCC2(CC1)OCC(CCN(C(C)C)C(C)C)O2. The van der Waals surface area contributed by atoms with Crippen LogP contribution in [0.15, 0.2) is 0 Å². The second kappa shape index (κ2) is 8.05. The molecule has 0 aromatic carbocycles. The van der Waals surface area contributed by atoms with E-state index in [-0.39, 0.29) is 11.9 Å². The van der Waals surface area contributed by atoms with Crippen LogP contribution in [-0.2, 0) is 9.47 Å².